The topological polar surface area (TPSA) is 52.2 Å². The molecular formula is C19H30N4S. The lowest BCUT2D eigenvalue weighted by Gasteiger charge is -2.11. The van der Waals surface area contributed by atoms with Gasteiger partial charge in [-0.3, -0.25) is 4.99 Å². The molecule has 0 saturated carbocycles. The van der Waals surface area contributed by atoms with Crippen molar-refractivity contribution in [1.29, 1.82) is 0 Å². The highest BCUT2D eigenvalue weighted by atomic mass is 32.2. The lowest BCUT2D eigenvalue weighted by atomic mass is 10.1. The fraction of sp³-hybridized carbons (Fsp3) is 0.526. The van der Waals surface area contributed by atoms with Gasteiger partial charge in [0.2, 0.25) is 0 Å². The summed E-state index contributed by atoms with van der Waals surface area (Å²) in [6, 6.07) is 8.48. The van der Waals surface area contributed by atoms with Crippen molar-refractivity contribution >= 4 is 28.6 Å². The number of hydrogen-bond donors (Lipinski definition) is 3. The van der Waals surface area contributed by atoms with Crippen LogP contribution in [-0.2, 0) is 6.42 Å². The highest BCUT2D eigenvalue weighted by molar-refractivity contribution is 7.98. The zero-order chi connectivity index (χ0) is 17.0. The summed E-state index contributed by atoms with van der Waals surface area (Å²) in [6.07, 6.45) is 8.86. The first kappa shape index (κ1) is 18.7. The van der Waals surface area contributed by atoms with E-state index >= 15 is 0 Å². The Morgan fingerprint density at radius 3 is 2.88 bits per heavy atom. The first-order valence-corrected chi connectivity index (χ1v) is 10.3. The largest absolute Gasteiger partial charge is 0.361 e. The molecule has 1 aromatic heterocycles. The van der Waals surface area contributed by atoms with Crippen molar-refractivity contribution in [3.8, 4) is 0 Å². The average Bonchev–Trinajstić information content (AvgIpc) is 3.01. The molecule has 0 amide bonds. The maximum atomic E-state index is 4.69. The predicted octanol–water partition coefficient (Wildman–Crippen LogP) is 3.80. The van der Waals surface area contributed by atoms with Gasteiger partial charge in [-0.05, 0) is 56.2 Å². The number of thioether (sulfide) groups is 1. The lowest BCUT2D eigenvalue weighted by Crippen LogP contribution is -2.37. The summed E-state index contributed by atoms with van der Waals surface area (Å²) in [4.78, 5) is 8.03. The fourth-order valence-corrected chi connectivity index (χ4v) is 3.21. The Balaban J connectivity index is 1.75. The molecule has 0 radical (unpaired) electrons. The van der Waals surface area contributed by atoms with E-state index in [9.17, 15) is 0 Å². The van der Waals surface area contributed by atoms with Gasteiger partial charge in [0.25, 0.3) is 0 Å². The van der Waals surface area contributed by atoms with Crippen molar-refractivity contribution in [2.24, 2.45) is 4.99 Å². The number of nitrogens with one attached hydrogen (secondary N) is 3. The number of aromatic amines is 1. The standard InChI is InChI=1S/C19H30N4S/c1-3-20-19(21-12-6-7-14-24-2)22-13-8-9-16-15-23-18-11-5-4-10-17(16)18/h4-5,10-11,15,23H,3,6-9,12-14H2,1-2H3,(H2,20,21,22). The summed E-state index contributed by atoms with van der Waals surface area (Å²) in [5, 5.41) is 8.08. The first-order valence-electron chi connectivity index (χ1n) is 8.91. The number of hydrogen-bond acceptors (Lipinski definition) is 2. The predicted molar refractivity (Wildman–Crippen MR) is 108 cm³/mol. The third-order valence-corrected chi connectivity index (χ3v) is 4.66. The zero-order valence-corrected chi connectivity index (χ0v) is 15.7. The van der Waals surface area contributed by atoms with Gasteiger partial charge >= 0.3 is 0 Å². The van der Waals surface area contributed by atoms with Crippen LogP contribution in [-0.4, -0.2) is 42.6 Å². The quantitative estimate of drug-likeness (QED) is 0.348. The maximum Gasteiger partial charge on any atom is 0.191 e. The normalized spacial score (nSPS) is 11.8. The minimum absolute atomic E-state index is 0.847. The fourth-order valence-electron chi connectivity index (χ4n) is 2.72. The molecule has 1 heterocycles. The SMILES string of the molecule is CCNC(=NCCCc1c[nH]c2ccccc12)NCCCCSC. The van der Waals surface area contributed by atoms with Gasteiger partial charge in [0, 0.05) is 36.7 Å². The van der Waals surface area contributed by atoms with Gasteiger partial charge < -0.3 is 15.6 Å². The van der Waals surface area contributed by atoms with Gasteiger partial charge in [0.1, 0.15) is 0 Å². The number of guanidine groups is 1. The van der Waals surface area contributed by atoms with Crippen molar-refractivity contribution < 1.29 is 0 Å². The number of aryl methyl sites for hydroxylation is 1. The van der Waals surface area contributed by atoms with Gasteiger partial charge in [-0.2, -0.15) is 11.8 Å². The highest BCUT2D eigenvalue weighted by Gasteiger charge is 2.02. The van der Waals surface area contributed by atoms with Gasteiger partial charge in [-0.25, -0.2) is 0 Å². The Hall–Kier alpha value is -1.62. The second-order valence-electron chi connectivity index (χ2n) is 5.85. The highest BCUT2D eigenvalue weighted by Crippen LogP contribution is 2.18. The second kappa shape index (κ2) is 11.0. The van der Waals surface area contributed by atoms with Crippen LogP contribution in [0.5, 0.6) is 0 Å². The number of rotatable bonds is 10. The van der Waals surface area contributed by atoms with Gasteiger partial charge in [-0.1, -0.05) is 18.2 Å². The number of aliphatic imine (C=N–C) groups is 1. The first-order chi connectivity index (χ1) is 11.8. The molecule has 0 spiro atoms. The molecule has 0 saturated heterocycles. The van der Waals surface area contributed by atoms with Crippen LogP contribution in [0.3, 0.4) is 0 Å². The molecule has 0 aliphatic heterocycles. The molecule has 5 heteroatoms. The van der Waals surface area contributed by atoms with Crippen LogP contribution in [0.25, 0.3) is 10.9 Å². The number of fused-ring (bicyclic) bond motifs is 1. The Labute approximate surface area is 149 Å². The Kier molecular flexibility index (Phi) is 8.60. The third kappa shape index (κ3) is 6.11. The van der Waals surface area contributed by atoms with Gasteiger partial charge in [0.05, 0.1) is 0 Å². The molecule has 132 valence electrons. The van der Waals surface area contributed by atoms with Crippen LogP contribution in [0.4, 0.5) is 0 Å². The molecule has 1 aromatic carbocycles. The van der Waals surface area contributed by atoms with E-state index in [-0.39, 0.29) is 0 Å². The van der Waals surface area contributed by atoms with Crippen molar-refractivity contribution in [2.45, 2.75) is 32.6 Å². The Bertz CT molecular complexity index is 621. The number of H-pyrrole nitrogens is 1. The molecule has 4 nitrogen and oxygen atoms in total. The van der Waals surface area contributed by atoms with Crippen molar-refractivity contribution in [2.75, 3.05) is 31.6 Å². The third-order valence-electron chi connectivity index (χ3n) is 3.96. The number of nitrogens with zero attached hydrogens (tertiary/aromatic N) is 1. The van der Waals surface area contributed by atoms with Crippen LogP contribution in [0.15, 0.2) is 35.5 Å². The van der Waals surface area contributed by atoms with E-state index in [1.54, 1.807) is 0 Å². The molecule has 24 heavy (non-hydrogen) atoms. The van der Waals surface area contributed by atoms with Gasteiger partial charge in [0.15, 0.2) is 5.96 Å². The molecule has 2 aromatic rings. The Morgan fingerprint density at radius 2 is 2.04 bits per heavy atom. The van der Waals surface area contributed by atoms with E-state index in [0.29, 0.717) is 0 Å². The minimum atomic E-state index is 0.847. The summed E-state index contributed by atoms with van der Waals surface area (Å²) in [5.74, 6) is 2.18. The van der Waals surface area contributed by atoms with Crippen LogP contribution in [0, 0.1) is 0 Å². The van der Waals surface area contributed by atoms with Gasteiger partial charge in [-0.15, -0.1) is 0 Å². The molecule has 0 aliphatic rings. The van der Waals surface area contributed by atoms with E-state index in [0.717, 1.165) is 38.4 Å². The van der Waals surface area contributed by atoms with E-state index < -0.39 is 0 Å². The summed E-state index contributed by atoms with van der Waals surface area (Å²) in [7, 11) is 0. The van der Waals surface area contributed by atoms with E-state index in [4.69, 9.17) is 0 Å². The smallest absolute Gasteiger partial charge is 0.191 e. The zero-order valence-electron chi connectivity index (χ0n) is 14.9. The monoisotopic (exact) mass is 346 g/mol. The van der Waals surface area contributed by atoms with Crippen molar-refractivity contribution in [3.63, 3.8) is 0 Å². The van der Waals surface area contributed by atoms with Crippen molar-refractivity contribution in [3.05, 3.63) is 36.0 Å². The molecule has 0 bridgehead atoms. The van der Waals surface area contributed by atoms with Crippen LogP contribution < -0.4 is 10.6 Å². The molecule has 0 aliphatic carbocycles. The number of aromatic nitrogens is 1. The van der Waals surface area contributed by atoms with Crippen LogP contribution >= 0.6 is 11.8 Å². The van der Waals surface area contributed by atoms with E-state index in [2.05, 4.69) is 64.3 Å². The maximum absolute atomic E-state index is 4.69. The molecule has 2 rings (SSSR count). The van der Waals surface area contributed by atoms with Crippen LogP contribution in [0.2, 0.25) is 0 Å². The Morgan fingerprint density at radius 1 is 1.17 bits per heavy atom. The summed E-state index contributed by atoms with van der Waals surface area (Å²) in [6.45, 7) is 4.85. The lowest BCUT2D eigenvalue weighted by molar-refractivity contribution is 0.729. The number of benzene rings is 1. The average molecular weight is 347 g/mol. The van der Waals surface area contributed by atoms with E-state index in [1.165, 1.54) is 35.1 Å². The molecule has 0 unspecified atom stereocenters. The second-order valence-corrected chi connectivity index (χ2v) is 6.84. The van der Waals surface area contributed by atoms with Crippen LogP contribution in [0.1, 0.15) is 31.7 Å². The summed E-state index contributed by atoms with van der Waals surface area (Å²) < 4.78 is 0. The summed E-state index contributed by atoms with van der Waals surface area (Å²) >= 11 is 1.91. The minimum Gasteiger partial charge on any atom is -0.361 e. The van der Waals surface area contributed by atoms with Crippen molar-refractivity contribution in [1.82, 2.24) is 15.6 Å². The molecule has 0 atom stereocenters. The number of unbranched alkanes of at least 4 members (excludes halogenated alkanes) is 1. The molecular weight excluding hydrogens is 316 g/mol. The van der Waals surface area contributed by atoms with E-state index in [1.807, 2.05) is 11.8 Å². The molecule has 0 fully saturated rings. The number of para-hydroxylation sites is 1. The summed E-state index contributed by atoms with van der Waals surface area (Å²) in [5.41, 5.74) is 2.60. The molecule has 3 N–H and O–H groups in total.